The van der Waals surface area contributed by atoms with Gasteiger partial charge in [-0.25, -0.2) is 0 Å². The molecule has 6 nitrogen and oxygen atoms in total. The zero-order valence-corrected chi connectivity index (χ0v) is 15.0. The number of rotatable bonds is 4. The molecule has 1 heterocycles. The number of nitrogens with zero attached hydrogens (tertiary/aromatic N) is 1. The van der Waals surface area contributed by atoms with Gasteiger partial charge < -0.3 is 20.3 Å². The number of para-hydroxylation sites is 2. The molecule has 1 saturated carbocycles. The number of ether oxygens (including phenoxy) is 1. The fourth-order valence-electron chi connectivity index (χ4n) is 3.71. The molecule has 2 amide bonds. The number of carbonyl (C=O) groups excluding carboxylic acids is 2. The van der Waals surface area contributed by atoms with Crippen LogP contribution in [0.2, 0.25) is 0 Å². The topological polar surface area (TPSA) is 70.7 Å². The highest BCUT2D eigenvalue weighted by atomic mass is 16.5. The van der Waals surface area contributed by atoms with E-state index in [0.29, 0.717) is 18.2 Å². The van der Waals surface area contributed by atoms with Gasteiger partial charge in [-0.05, 0) is 30.9 Å². The third-order valence-electron chi connectivity index (χ3n) is 5.19. The van der Waals surface area contributed by atoms with Crippen LogP contribution in [0, 0.1) is 5.92 Å². The summed E-state index contributed by atoms with van der Waals surface area (Å²) >= 11 is 0. The minimum atomic E-state index is -0.610. The molecule has 136 valence electrons. The monoisotopic (exact) mass is 345 g/mol. The molecule has 0 spiro atoms. The second-order valence-corrected chi connectivity index (χ2v) is 7.00. The molecule has 25 heavy (non-hydrogen) atoms. The first kappa shape index (κ1) is 17.6. The van der Waals surface area contributed by atoms with Gasteiger partial charge in [0.05, 0.1) is 18.8 Å². The van der Waals surface area contributed by atoms with Crippen LogP contribution >= 0.6 is 0 Å². The van der Waals surface area contributed by atoms with Gasteiger partial charge in [-0.3, -0.25) is 9.59 Å². The number of benzene rings is 1. The van der Waals surface area contributed by atoms with Gasteiger partial charge in [0.2, 0.25) is 5.91 Å². The van der Waals surface area contributed by atoms with E-state index in [1.807, 2.05) is 29.2 Å². The lowest BCUT2D eigenvalue weighted by molar-refractivity contribution is -0.128. The maximum absolute atomic E-state index is 12.6. The first-order valence-corrected chi connectivity index (χ1v) is 9.10. The van der Waals surface area contributed by atoms with Gasteiger partial charge in [-0.15, -0.1) is 0 Å². The van der Waals surface area contributed by atoms with E-state index in [1.165, 1.54) is 19.3 Å². The summed E-state index contributed by atoms with van der Waals surface area (Å²) in [5, 5.41) is 5.80. The van der Waals surface area contributed by atoms with Gasteiger partial charge in [-0.1, -0.05) is 31.9 Å². The van der Waals surface area contributed by atoms with E-state index < -0.39 is 6.10 Å². The molecular weight excluding hydrogens is 318 g/mol. The van der Waals surface area contributed by atoms with E-state index in [4.69, 9.17) is 4.74 Å². The minimum absolute atomic E-state index is 0.00566. The molecule has 0 bridgehead atoms. The number of amides is 2. The highest BCUT2D eigenvalue weighted by Gasteiger charge is 2.31. The lowest BCUT2D eigenvalue weighted by atomic mass is 9.86. The van der Waals surface area contributed by atoms with Gasteiger partial charge in [0.25, 0.3) is 5.91 Å². The van der Waals surface area contributed by atoms with Crippen LogP contribution in [0.15, 0.2) is 24.3 Å². The van der Waals surface area contributed by atoms with E-state index in [1.54, 1.807) is 7.05 Å². The van der Waals surface area contributed by atoms with Gasteiger partial charge >= 0.3 is 0 Å². The quantitative estimate of drug-likeness (QED) is 0.871. The summed E-state index contributed by atoms with van der Waals surface area (Å²) in [4.78, 5) is 26.5. The molecule has 1 fully saturated rings. The van der Waals surface area contributed by atoms with E-state index in [-0.39, 0.29) is 24.4 Å². The molecule has 1 aliphatic heterocycles. The van der Waals surface area contributed by atoms with Crippen molar-refractivity contribution in [1.82, 2.24) is 10.6 Å². The van der Waals surface area contributed by atoms with Crippen LogP contribution < -0.4 is 20.3 Å². The second-order valence-electron chi connectivity index (χ2n) is 7.00. The Kier molecular flexibility index (Phi) is 5.46. The maximum atomic E-state index is 12.6. The second kappa shape index (κ2) is 7.76. The summed E-state index contributed by atoms with van der Waals surface area (Å²) in [5.74, 6) is 0.987. The molecule has 0 radical (unpaired) electrons. The van der Waals surface area contributed by atoms with Crippen molar-refractivity contribution in [3.8, 4) is 5.75 Å². The fourth-order valence-corrected chi connectivity index (χ4v) is 3.71. The molecule has 0 saturated heterocycles. The SMILES string of the molecule is CNC(=O)[C@@H]1CN(CC(=O)N[C@@H]2CCCC[C@H]2C)c2ccccc2O1. The van der Waals surface area contributed by atoms with E-state index in [0.717, 1.165) is 12.1 Å². The summed E-state index contributed by atoms with van der Waals surface area (Å²) in [5.41, 5.74) is 0.856. The Bertz CT molecular complexity index is 634. The first-order chi connectivity index (χ1) is 12.1. The maximum Gasteiger partial charge on any atom is 0.262 e. The van der Waals surface area contributed by atoms with E-state index in [9.17, 15) is 9.59 Å². The number of nitrogens with one attached hydrogen (secondary N) is 2. The molecule has 6 heteroatoms. The van der Waals surface area contributed by atoms with Crippen LogP contribution in [0.5, 0.6) is 5.75 Å². The van der Waals surface area contributed by atoms with Crippen molar-refractivity contribution in [3.05, 3.63) is 24.3 Å². The smallest absolute Gasteiger partial charge is 0.262 e. The first-order valence-electron chi connectivity index (χ1n) is 9.10. The molecular formula is C19H27N3O3. The Morgan fingerprint density at radius 1 is 1.24 bits per heavy atom. The van der Waals surface area contributed by atoms with Crippen LogP contribution in [0.3, 0.4) is 0 Å². The van der Waals surface area contributed by atoms with Crippen molar-refractivity contribution in [2.24, 2.45) is 5.92 Å². The van der Waals surface area contributed by atoms with Crippen molar-refractivity contribution >= 4 is 17.5 Å². The Balaban J connectivity index is 1.69. The van der Waals surface area contributed by atoms with Crippen molar-refractivity contribution in [2.45, 2.75) is 44.8 Å². The van der Waals surface area contributed by atoms with Crippen LogP contribution in [-0.2, 0) is 9.59 Å². The average Bonchev–Trinajstić information content (AvgIpc) is 2.62. The predicted molar refractivity (Wildman–Crippen MR) is 96.7 cm³/mol. The molecule has 1 aromatic rings. The van der Waals surface area contributed by atoms with E-state index >= 15 is 0 Å². The zero-order valence-electron chi connectivity index (χ0n) is 15.0. The van der Waals surface area contributed by atoms with Crippen LogP contribution in [0.1, 0.15) is 32.6 Å². The largest absolute Gasteiger partial charge is 0.477 e. The summed E-state index contributed by atoms with van der Waals surface area (Å²) < 4.78 is 5.78. The van der Waals surface area contributed by atoms with Crippen molar-refractivity contribution < 1.29 is 14.3 Å². The normalized spacial score (nSPS) is 25.5. The number of hydrogen-bond acceptors (Lipinski definition) is 4. The van der Waals surface area contributed by atoms with Crippen LogP contribution in [-0.4, -0.2) is 44.1 Å². The van der Waals surface area contributed by atoms with E-state index in [2.05, 4.69) is 17.6 Å². The van der Waals surface area contributed by atoms with Gasteiger partial charge in [-0.2, -0.15) is 0 Å². The average molecular weight is 345 g/mol. The third-order valence-corrected chi connectivity index (χ3v) is 5.19. The predicted octanol–water partition coefficient (Wildman–Crippen LogP) is 1.69. The molecule has 0 unspecified atom stereocenters. The Labute approximate surface area is 148 Å². The van der Waals surface area contributed by atoms with Crippen molar-refractivity contribution in [2.75, 3.05) is 25.0 Å². The number of hydrogen-bond donors (Lipinski definition) is 2. The lowest BCUT2D eigenvalue weighted by Gasteiger charge is -2.36. The van der Waals surface area contributed by atoms with Crippen LogP contribution in [0.25, 0.3) is 0 Å². The fraction of sp³-hybridized carbons (Fsp3) is 0.579. The molecule has 1 aliphatic carbocycles. The number of anilines is 1. The number of carbonyl (C=O) groups is 2. The molecule has 1 aromatic carbocycles. The standard InChI is InChI=1S/C19H27N3O3/c1-13-7-3-4-8-14(13)21-18(23)12-22-11-17(19(24)20-2)25-16-10-6-5-9-15(16)22/h5-6,9-10,13-14,17H,3-4,7-8,11-12H2,1-2H3,(H,20,24)(H,21,23)/t13-,14-,17+/m1/s1. The van der Waals surface area contributed by atoms with Crippen molar-refractivity contribution in [1.29, 1.82) is 0 Å². The summed E-state index contributed by atoms with van der Waals surface area (Å²) in [6.45, 7) is 2.80. The van der Waals surface area contributed by atoms with Gasteiger partial charge in [0, 0.05) is 13.1 Å². The lowest BCUT2D eigenvalue weighted by Crippen LogP contribution is -2.52. The molecule has 0 aromatic heterocycles. The summed E-state index contributed by atoms with van der Waals surface area (Å²) in [6, 6.07) is 7.79. The molecule has 3 atom stereocenters. The highest BCUT2D eigenvalue weighted by Crippen LogP contribution is 2.33. The highest BCUT2D eigenvalue weighted by molar-refractivity contribution is 5.86. The Hall–Kier alpha value is -2.24. The minimum Gasteiger partial charge on any atom is -0.477 e. The zero-order chi connectivity index (χ0) is 17.8. The molecule has 3 rings (SSSR count). The van der Waals surface area contributed by atoms with Crippen molar-refractivity contribution in [3.63, 3.8) is 0 Å². The Morgan fingerprint density at radius 2 is 2.00 bits per heavy atom. The summed E-state index contributed by atoms with van der Waals surface area (Å²) in [7, 11) is 1.59. The molecule has 2 aliphatic rings. The third kappa shape index (κ3) is 4.06. The van der Waals surface area contributed by atoms with Gasteiger partial charge in [0.15, 0.2) is 6.10 Å². The number of likely N-dealkylation sites (N-methyl/N-ethyl adjacent to an activating group) is 1. The van der Waals surface area contributed by atoms with Crippen LogP contribution in [0.4, 0.5) is 5.69 Å². The van der Waals surface area contributed by atoms with Gasteiger partial charge in [0.1, 0.15) is 5.75 Å². The number of fused-ring (bicyclic) bond motifs is 1. The summed E-state index contributed by atoms with van der Waals surface area (Å²) in [6.07, 6.45) is 4.03. The molecule has 2 N–H and O–H groups in total. The Morgan fingerprint density at radius 3 is 2.76 bits per heavy atom.